The Morgan fingerprint density at radius 1 is 1.37 bits per heavy atom. The molecule has 1 unspecified atom stereocenters. The molecule has 0 radical (unpaired) electrons. The summed E-state index contributed by atoms with van der Waals surface area (Å²) in [4.78, 5) is 11.1. The molecule has 19 heavy (non-hydrogen) atoms. The van der Waals surface area contributed by atoms with Crippen molar-refractivity contribution in [1.82, 2.24) is 5.32 Å². The Morgan fingerprint density at radius 3 is 2.68 bits per heavy atom. The van der Waals surface area contributed by atoms with Crippen molar-refractivity contribution in [2.75, 3.05) is 13.2 Å². The minimum atomic E-state index is -0.449. The van der Waals surface area contributed by atoms with Gasteiger partial charge in [0.05, 0.1) is 13.0 Å². The Morgan fingerprint density at radius 2 is 2.05 bits per heavy atom. The van der Waals surface area contributed by atoms with Gasteiger partial charge >= 0.3 is 5.97 Å². The van der Waals surface area contributed by atoms with E-state index in [9.17, 15) is 13.6 Å². The van der Waals surface area contributed by atoms with Crippen molar-refractivity contribution in [1.29, 1.82) is 0 Å². The van der Waals surface area contributed by atoms with Gasteiger partial charge in [-0.05, 0) is 38.5 Å². The van der Waals surface area contributed by atoms with Gasteiger partial charge in [0.15, 0.2) is 0 Å². The largest absolute Gasteiger partial charge is 0.466 e. The van der Waals surface area contributed by atoms with Crippen LogP contribution in [-0.2, 0) is 9.53 Å². The molecule has 0 aliphatic carbocycles. The third kappa shape index (κ3) is 4.59. The van der Waals surface area contributed by atoms with Crippen molar-refractivity contribution in [2.24, 2.45) is 0 Å². The highest BCUT2D eigenvalue weighted by molar-refractivity contribution is 5.69. The monoisotopic (exact) mass is 271 g/mol. The predicted octanol–water partition coefficient (Wildman–Crippen LogP) is 2.88. The van der Waals surface area contributed by atoms with Gasteiger partial charge in [-0.15, -0.1) is 0 Å². The Balaban J connectivity index is 2.56. The van der Waals surface area contributed by atoms with Crippen LogP contribution in [0.25, 0.3) is 0 Å². The normalized spacial score (nSPS) is 12.3. The highest BCUT2D eigenvalue weighted by Crippen LogP contribution is 2.20. The minimum absolute atomic E-state index is 0.203. The van der Waals surface area contributed by atoms with Crippen LogP contribution in [0.1, 0.15) is 37.4 Å². The molecular weight excluding hydrogens is 252 g/mol. The first-order chi connectivity index (χ1) is 8.95. The molecule has 1 N–H and O–H groups in total. The Hall–Kier alpha value is -1.49. The van der Waals surface area contributed by atoms with Crippen molar-refractivity contribution < 1.29 is 18.3 Å². The summed E-state index contributed by atoms with van der Waals surface area (Å²) in [6, 6.07) is 1.99. The van der Waals surface area contributed by atoms with Crippen LogP contribution in [0.5, 0.6) is 0 Å². The zero-order valence-corrected chi connectivity index (χ0v) is 11.4. The highest BCUT2D eigenvalue weighted by Gasteiger charge is 2.14. The summed E-state index contributed by atoms with van der Waals surface area (Å²) in [7, 11) is 0. The first-order valence-electron chi connectivity index (χ1n) is 6.30. The highest BCUT2D eigenvalue weighted by atomic mass is 19.1. The number of carbonyl (C=O) groups is 1. The van der Waals surface area contributed by atoms with E-state index in [-0.39, 0.29) is 29.6 Å². The summed E-state index contributed by atoms with van der Waals surface area (Å²) in [6.07, 6.45) is 0.203. The number of rotatable bonds is 6. The summed E-state index contributed by atoms with van der Waals surface area (Å²) < 4.78 is 31.9. The van der Waals surface area contributed by atoms with Crippen molar-refractivity contribution in [3.05, 3.63) is 34.9 Å². The zero-order chi connectivity index (χ0) is 14.4. The SMILES string of the molecule is CCOC(=O)CCNC(C)c1cc(F)c(C)cc1F. The number of esters is 1. The van der Waals surface area contributed by atoms with Crippen molar-refractivity contribution >= 4 is 5.97 Å². The molecule has 0 aliphatic rings. The molecule has 3 nitrogen and oxygen atoms in total. The lowest BCUT2D eigenvalue weighted by Crippen LogP contribution is -2.23. The molecule has 0 heterocycles. The molecule has 1 rings (SSSR count). The van der Waals surface area contributed by atoms with Crippen molar-refractivity contribution in [2.45, 2.75) is 33.2 Å². The first kappa shape index (κ1) is 15.6. The van der Waals surface area contributed by atoms with E-state index in [1.54, 1.807) is 13.8 Å². The van der Waals surface area contributed by atoms with Crippen LogP contribution in [0, 0.1) is 18.6 Å². The average molecular weight is 271 g/mol. The molecule has 0 saturated heterocycles. The molecular formula is C14H19F2NO2. The second-order valence-electron chi connectivity index (χ2n) is 4.35. The van der Waals surface area contributed by atoms with Crippen LogP contribution in [0.3, 0.4) is 0 Å². The lowest BCUT2D eigenvalue weighted by Gasteiger charge is -2.15. The maximum atomic E-state index is 13.7. The fourth-order valence-corrected chi connectivity index (χ4v) is 1.73. The van der Waals surface area contributed by atoms with Crippen LogP contribution < -0.4 is 5.32 Å². The fourth-order valence-electron chi connectivity index (χ4n) is 1.73. The maximum Gasteiger partial charge on any atom is 0.307 e. The number of halogens is 2. The number of nitrogens with one attached hydrogen (secondary N) is 1. The minimum Gasteiger partial charge on any atom is -0.466 e. The van der Waals surface area contributed by atoms with Gasteiger partial charge in [0.25, 0.3) is 0 Å². The predicted molar refractivity (Wildman–Crippen MR) is 68.8 cm³/mol. The first-order valence-corrected chi connectivity index (χ1v) is 6.30. The number of benzene rings is 1. The van der Waals surface area contributed by atoms with Gasteiger partial charge in [-0.25, -0.2) is 8.78 Å². The molecule has 1 atom stereocenters. The smallest absolute Gasteiger partial charge is 0.307 e. The molecule has 1 aromatic rings. The van der Waals surface area contributed by atoms with Gasteiger partial charge in [-0.3, -0.25) is 4.79 Å². The maximum absolute atomic E-state index is 13.7. The van der Waals surface area contributed by atoms with E-state index in [4.69, 9.17) is 4.74 Å². The molecule has 0 bridgehead atoms. The average Bonchev–Trinajstić information content (AvgIpc) is 2.34. The Kier molecular flexibility index (Phi) is 5.89. The van der Waals surface area contributed by atoms with E-state index in [1.165, 1.54) is 19.1 Å². The quantitative estimate of drug-likeness (QED) is 0.808. The van der Waals surface area contributed by atoms with Gasteiger partial charge in [-0.2, -0.15) is 0 Å². The molecule has 0 aliphatic heterocycles. The fraction of sp³-hybridized carbons (Fsp3) is 0.500. The Labute approximate surface area is 112 Å². The molecule has 1 aromatic carbocycles. The summed E-state index contributed by atoms with van der Waals surface area (Å²) >= 11 is 0. The number of hydrogen-bond acceptors (Lipinski definition) is 3. The number of aryl methyl sites for hydroxylation is 1. The van der Waals surface area contributed by atoms with Crippen LogP contribution in [-0.4, -0.2) is 19.1 Å². The molecule has 0 amide bonds. The topological polar surface area (TPSA) is 38.3 Å². The molecule has 0 spiro atoms. The van der Waals surface area contributed by atoms with E-state index in [0.717, 1.165) is 0 Å². The lowest BCUT2D eigenvalue weighted by atomic mass is 10.0. The second-order valence-corrected chi connectivity index (χ2v) is 4.35. The molecule has 0 fully saturated rings. The third-order valence-electron chi connectivity index (χ3n) is 2.83. The van der Waals surface area contributed by atoms with E-state index >= 15 is 0 Å². The van der Waals surface area contributed by atoms with Crippen LogP contribution in [0.4, 0.5) is 8.78 Å². The Bertz CT molecular complexity index is 449. The number of carbonyl (C=O) groups excluding carboxylic acids is 1. The molecule has 106 valence electrons. The number of hydrogen-bond donors (Lipinski definition) is 1. The third-order valence-corrected chi connectivity index (χ3v) is 2.83. The lowest BCUT2D eigenvalue weighted by molar-refractivity contribution is -0.143. The van der Waals surface area contributed by atoms with E-state index in [2.05, 4.69) is 5.32 Å². The standard InChI is InChI=1S/C14H19F2NO2/c1-4-19-14(18)5-6-17-10(3)11-8-12(15)9(2)7-13(11)16/h7-8,10,17H,4-6H2,1-3H3. The molecule has 5 heteroatoms. The van der Waals surface area contributed by atoms with Crippen LogP contribution in [0.15, 0.2) is 12.1 Å². The number of ether oxygens (including phenoxy) is 1. The van der Waals surface area contributed by atoms with E-state index < -0.39 is 11.6 Å². The second kappa shape index (κ2) is 7.19. The molecule has 0 saturated carbocycles. The summed E-state index contributed by atoms with van der Waals surface area (Å²) in [5.41, 5.74) is 0.534. The van der Waals surface area contributed by atoms with Gasteiger partial charge in [0.1, 0.15) is 11.6 Å². The van der Waals surface area contributed by atoms with Gasteiger partial charge < -0.3 is 10.1 Å². The van der Waals surface area contributed by atoms with E-state index in [0.29, 0.717) is 13.2 Å². The zero-order valence-electron chi connectivity index (χ0n) is 11.4. The van der Waals surface area contributed by atoms with E-state index in [1.807, 2.05) is 0 Å². The van der Waals surface area contributed by atoms with Crippen LogP contribution in [0.2, 0.25) is 0 Å². The van der Waals surface area contributed by atoms with Gasteiger partial charge in [0, 0.05) is 18.2 Å². The summed E-state index contributed by atoms with van der Waals surface area (Å²) in [5.74, 6) is -1.19. The van der Waals surface area contributed by atoms with Crippen LogP contribution >= 0.6 is 0 Å². The molecule has 0 aromatic heterocycles. The summed E-state index contributed by atoms with van der Waals surface area (Å²) in [6.45, 7) is 5.67. The van der Waals surface area contributed by atoms with Gasteiger partial charge in [0.2, 0.25) is 0 Å². The van der Waals surface area contributed by atoms with Gasteiger partial charge in [-0.1, -0.05) is 0 Å². The van der Waals surface area contributed by atoms with Crippen molar-refractivity contribution in [3.8, 4) is 0 Å². The summed E-state index contributed by atoms with van der Waals surface area (Å²) in [5, 5.41) is 2.97. The van der Waals surface area contributed by atoms with Crippen molar-refractivity contribution in [3.63, 3.8) is 0 Å².